The Morgan fingerprint density at radius 1 is 1.41 bits per heavy atom. The second kappa shape index (κ2) is 6.34. The van der Waals surface area contributed by atoms with Gasteiger partial charge in [-0.2, -0.15) is 0 Å². The van der Waals surface area contributed by atoms with Crippen molar-refractivity contribution in [1.82, 2.24) is 15.2 Å². The summed E-state index contributed by atoms with van der Waals surface area (Å²) in [4.78, 5) is 30.0. The zero-order valence-corrected chi connectivity index (χ0v) is 12.8. The van der Waals surface area contributed by atoms with Crippen LogP contribution in [0.4, 0.5) is 5.82 Å². The molecular formula is C16H22N4O2. The zero-order chi connectivity index (χ0) is 15.5. The highest BCUT2D eigenvalue weighted by molar-refractivity contribution is 5.94. The Kier molecular flexibility index (Phi) is 4.27. The van der Waals surface area contributed by atoms with E-state index in [1.807, 2.05) is 11.8 Å². The van der Waals surface area contributed by atoms with Gasteiger partial charge in [-0.15, -0.1) is 0 Å². The number of hydrogen-bond donors (Lipinski definition) is 2. The maximum atomic E-state index is 11.9. The Morgan fingerprint density at radius 3 is 2.86 bits per heavy atom. The molecule has 1 atom stereocenters. The SMILES string of the molecule is CCCNC(=O)c1ccc(NC2CC(=O)N(C3CC3)C2)nc1. The van der Waals surface area contributed by atoms with E-state index in [0.29, 0.717) is 30.4 Å². The third kappa shape index (κ3) is 3.37. The maximum Gasteiger partial charge on any atom is 0.252 e. The molecule has 1 aliphatic carbocycles. The highest BCUT2D eigenvalue weighted by Crippen LogP contribution is 2.31. The van der Waals surface area contributed by atoms with Crippen LogP contribution in [0.5, 0.6) is 0 Å². The van der Waals surface area contributed by atoms with Gasteiger partial charge in [0.25, 0.3) is 5.91 Å². The molecule has 1 aliphatic heterocycles. The first-order valence-corrected chi connectivity index (χ1v) is 7.97. The molecule has 2 heterocycles. The summed E-state index contributed by atoms with van der Waals surface area (Å²) in [6, 6.07) is 4.14. The lowest BCUT2D eigenvalue weighted by Crippen LogP contribution is -2.30. The lowest BCUT2D eigenvalue weighted by Gasteiger charge is -2.16. The number of nitrogens with one attached hydrogen (secondary N) is 2. The third-order valence-corrected chi connectivity index (χ3v) is 4.06. The van der Waals surface area contributed by atoms with Crippen LogP contribution in [-0.2, 0) is 4.79 Å². The van der Waals surface area contributed by atoms with Crippen molar-refractivity contribution >= 4 is 17.6 Å². The van der Waals surface area contributed by atoms with Crippen LogP contribution >= 0.6 is 0 Å². The van der Waals surface area contributed by atoms with E-state index < -0.39 is 0 Å². The van der Waals surface area contributed by atoms with Crippen molar-refractivity contribution in [1.29, 1.82) is 0 Å². The van der Waals surface area contributed by atoms with Crippen LogP contribution in [0.15, 0.2) is 18.3 Å². The first-order chi connectivity index (χ1) is 10.7. The molecular weight excluding hydrogens is 280 g/mol. The van der Waals surface area contributed by atoms with Crippen LogP contribution < -0.4 is 10.6 Å². The molecule has 3 rings (SSSR count). The molecule has 0 bridgehead atoms. The van der Waals surface area contributed by atoms with E-state index in [9.17, 15) is 9.59 Å². The Labute approximate surface area is 130 Å². The quantitative estimate of drug-likeness (QED) is 0.833. The first-order valence-electron chi connectivity index (χ1n) is 7.97. The molecule has 22 heavy (non-hydrogen) atoms. The van der Waals surface area contributed by atoms with E-state index in [4.69, 9.17) is 0 Å². The van der Waals surface area contributed by atoms with Crippen molar-refractivity contribution in [2.45, 2.75) is 44.7 Å². The summed E-state index contributed by atoms with van der Waals surface area (Å²) in [5, 5.41) is 6.11. The summed E-state index contributed by atoms with van der Waals surface area (Å²) in [6.07, 6.45) is 5.28. The Balaban J connectivity index is 1.55. The summed E-state index contributed by atoms with van der Waals surface area (Å²) in [5.41, 5.74) is 0.557. The number of likely N-dealkylation sites (tertiary alicyclic amines) is 1. The number of pyridine rings is 1. The van der Waals surface area contributed by atoms with Gasteiger partial charge in [-0.25, -0.2) is 4.98 Å². The number of carbonyl (C=O) groups excluding carboxylic acids is 2. The van der Waals surface area contributed by atoms with Crippen LogP contribution in [0, 0.1) is 0 Å². The smallest absolute Gasteiger partial charge is 0.252 e. The Bertz CT molecular complexity index is 554. The average Bonchev–Trinajstić information content (AvgIpc) is 3.30. The summed E-state index contributed by atoms with van der Waals surface area (Å²) >= 11 is 0. The monoisotopic (exact) mass is 302 g/mol. The van der Waals surface area contributed by atoms with Crippen LogP contribution in [0.1, 0.15) is 43.0 Å². The molecule has 2 aliphatic rings. The molecule has 2 amide bonds. The summed E-state index contributed by atoms with van der Waals surface area (Å²) in [5.74, 6) is 0.843. The standard InChI is InChI=1S/C16H22N4O2/c1-2-7-17-16(22)11-3-6-14(18-9-11)19-12-8-15(21)20(10-12)13-4-5-13/h3,6,9,12-13H,2,4-5,7-8,10H2,1H3,(H,17,22)(H,18,19). The highest BCUT2D eigenvalue weighted by Gasteiger charge is 2.39. The van der Waals surface area contributed by atoms with Crippen LogP contribution in [0.2, 0.25) is 0 Å². The van der Waals surface area contributed by atoms with E-state index in [1.54, 1.807) is 18.3 Å². The summed E-state index contributed by atoms with van der Waals surface area (Å²) in [6.45, 7) is 3.43. The molecule has 1 saturated carbocycles. The van der Waals surface area contributed by atoms with Crippen LogP contribution in [-0.4, -0.2) is 46.9 Å². The fourth-order valence-electron chi connectivity index (χ4n) is 2.73. The van der Waals surface area contributed by atoms with Gasteiger partial charge in [0.2, 0.25) is 5.91 Å². The number of aromatic nitrogens is 1. The number of anilines is 1. The summed E-state index contributed by atoms with van der Waals surface area (Å²) < 4.78 is 0. The minimum Gasteiger partial charge on any atom is -0.365 e. The van der Waals surface area contributed by atoms with Gasteiger partial charge in [-0.1, -0.05) is 6.92 Å². The van der Waals surface area contributed by atoms with Crippen LogP contribution in [0.25, 0.3) is 0 Å². The number of nitrogens with zero attached hydrogens (tertiary/aromatic N) is 2. The molecule has 6 nitrogen and oxygen atoms in total. The lowest BCUT2D eigenvalue weighted by molar-refractivity contribution is -0.128. The third-order valence-electron chi connectivity index (χ3n) is 4.06. The Hall–Kier alpha value is -2.11. The predicted molar refractivity (Wildman–Crippen MR) is 83.6 cm³/mol. The van der Waals surface area contributed by atoms with Crippen molar-refractivity contribution < 1.29 is 9.59 Å². The van der Waals surface area contributed by atoms with Gasteiger partial charge in [0.1, 0.15) is 5.82 Å². The highest BCUT2D eigenvalue weighted by atomic mass is 16.2. The minimum atomic E-state index is -0.100. The molecule has 2 fully saturated rings. The van der Waals surface area contributed by atoms with E-state index in [0.717, 1.165) is 25.8 Å². The topological polar surface area (TPSA) is 74.3 Å². The fraction of sp³-hybridized carbons (Fsp3) is 0.562. The number of rotatable bonds is 6. The van der Waals surface area contributed by atoms with Gasteiger partial charge >= 0.3 is 0 Å². The molecule has 6 heteroatoms. The van der Waals surface area contributed by atoms with Crippen molar-refractivity contribution in [3.63, 3.8) is 0 Å². The molecule has 2 N–H and O–H groups in total. The van der Waals surface area contributed by atoms with Crippen molar-refractivity contribution in [2.75, 3.05) is 18.4 Å². The molecule has 0 spiro atoms. The molecule has 1 unspecified atom stereocenters. The predicted octanol–water partition coefficient (Wildman–Crippen LogP) is 1.40. The molecule has 1 saturated heterocycles. The minimum absolute atomic E-state index is 0.100. The van der Waals surface area contributed by atoms with Crippen molar-refractivity contribution in [2.24, 2.45) is 0 Å². The number of amides is 2. The molecule has 1 aromatic heterocycles. The zero-order valence-electron chi connectivity index (χ0n) is 12.8. The molecule has 0 radical (unpaired) electrons. The average molecular weight is 302 g/mol. The molecule has 0 aromatic carbocycles. The van der Waals surface area contributed by atoms with Gasteiger partial charge in [0, 0.05) is 31.7 Å². The molecule has 1 aromatic rings. The summed E-state index contributed by atoms with van der Waals surface area (Å²) in [7, 11) is 0. The second-order valence-corrected chi connectivity index (χ2v) is 6.01. The first kappa shape index (κ1) is 14.8. The van der Waals surface area contributed by atoms with Crippen molar-refractivity contribution in [3.8, 4) is 0 Å². The molecule has 118 valence electrons. The van der Waals surface area contributed by atoms with Gasteiger partial charge in [0.15, 0.2) is 0 Å². The second-order valence-electron chi connectivity index (χ2n) is 6.01. The van der Waals surface area contributed by atoms with E-state index >= 15 is 0 Å². The Morgan fingerprint density at radius 2 is 2.23 bits per heavy atom. The van der Waals surface area contributed by atoms with Gasteiger partial charge < -0.3 is 15.5 Å². The van der Waals surface area contributed by atoms with Crippen LogP contribution in [0.3, 0.4) is 0 Å². The van der Waals surface area contributed by atoms with E-state index in [2.05, 4.69) is 15.6 Å². The van der Waals surface area contributed by atoms with Gasteiger partial charge in [-0.05, 0) is 31.4 Å². The van der Waals surface area contributed by atoms with E-state index in [-0.39, 0.29) is 17.9 Å². The number of hydrogen-bond acceptors (Lipinski definition) is 4. The maximum absolute atomic E-state index is 11.9. The van der Waals surface area contributed by atoms with Gasteiger partial charge in [-0.3, -0.25) is 9.59 Å². The lowest BCUT2D eigenvalue weighted by atomic mass is 10.2. The van der Waals surface area contributed by atoms with E-state index in [1.165, 1.54) is 0 Å². The largest absolute Gasteiger partial charge is 0.365 e. The number of carbonyl (C=O) groups is 2. The van der Waals surface area contributed by atoms with Gasteiger partial charge in [0.05, 0.1) is 11.6 Å². The normalized spacial score (nSPS) is 21.0. The van der Waals surface area contributed by atoms with Crippen molar-refractivity contribution in [3.05, 3.63) is 23.9 Å². The fourth-order valence-corrected chi connectivity index (χ4v) is 2.73.